The largest absolute Gasteiger partial charge is 0.379 e. The van der Waals surface area contributed by atoms with Gasteiger partial charge in [-0.25, -0.2) is 18.6 Å². The van der Waals surface area contributed by atoms with Gasteiger partial charge in [-0.2, -0.15) is 0 Å². The van der Waals surface area contributed by atoms with Crippen LogP contribution in [0, 0.1) is 17.8 Å². The zero-order valence-corrected chi connectivity index (χ0v) is 16.7. The van der Waals surface area contributed by atoms with Gasteiger partial charge in [0.2, 0.25) is 0 Å². The molecule has 1 atom stereocenters. The molecule has 156 valence electrons. The number of anilines is 2. The van der Waals surface area contributed by atoms with Crippen molar-refractivity contribution in [2.45, 2.75) is 37.8 Å². The zero-order chi connectivity index (χ0) is 21.7. The molecule has 0 spiro atoms. The molecular weight excluding hydrogens is 416 g/mol. The van der Waals surface area contributed by atoms with E-state index in [1.165, 1.54) is 29.1 Å². The van der Waals surface area contributed by atoms with Gasteiger partial charge in [0.05, 0.1) is 6.54 Å². The van der Waals surface area contributed by atoms with Crippen molar-refractivity contribution < 1.29 is 13.6 Å². The standard InChI is InChI=1S/C20H18ClF2N5O2/c1-19(22,23)20(5-4-11-2-3-11)13-9-14(21)12(8-15(13)26-18(30)27-20)10-28-7-6-25-16(24)17(28)29/h6-9,11H,2-3,10H2,1H3,(H2,24,25)(H2,26,27,30). The summed E-state index contributed by atoms with van der Waals surface area (Å²) in [5.41, 5.74) is 3.48. The van der Waals surface area contributed by atoms with E-state index in [0.717, 1.165) is 12.8 Å². The lowest BCUT2D eigenvalue weighted by Gasteiger charge is -2.40. The molecule has 2 amide bonds. The maximum Gasteiger partial charge on any atom is 0.320 e. The second kappa shape index (κ2) is 6.99. The van der Waals surface area contributed by atoms with Crippen LogP contribution in [0.2, 0.25) is 5.02 Å². The van der Waals surface area contributed by atoms with Crippen LogP contribution in [0.25, 0.3) is 0 Å². The number of aromatic nitrogens is 2. The summed E-state index contributed by atoms with van der Waals surface area (Å²) in [6.45, 7) is 0.731. The van der Waals surface area contributed by atoms with Crippen molar-refractivity contribution in [3.63, 3.8) is 0 Å². The summed E-state index contributed by atoms with van der Waals surface area (Å²) in [5, 5.41) is 4.99. The van der Waals surface area contributed by atoms with Crippen molar-refractivity contribution in [2.24, 2.45) is 5.92 Å². The van der Waals surface area contributed by atoms with Crippen LogP contribution in [0.4, 0.5) is 25.1 Å². The minimum atomic E-state index is -3.39. The Morgan fingerprint density at radius 1 is 1.40 bits per heavy atom. The Morgan fingerprint density at radius 3 is 2.80 bits per heavy atom. The number of benzene rings is 1. The van der Waals surface area contributed by atoms with E-state index in [1.807, 2.05) is 0 Å². The third kappa shape index (κ3) is 3.48. The van der Waals surface area contributed by atoms with E-state index in [2.05, 4.69) is 27.5 Å². The van der Waals surface area contributed by atoms with Crippen molar-refractivity contribution in [1.29, 1.82) is 0 Å². The average Bonchev–Trinajstić information content (AvgIpc) is 3.48. The fraction of sp³-hybridized carbons (Fsp3) is 0.350. The van der Waals surface area contributed by atoms with Crippen LogP contribution < -0.4 is 21.9 Å². The molecule has 1 fully saturated rings. The predicted octanol–water partition coefficient (Wildman–Crippen LogP) is 2.93. The Hall–Kier alpha value is -3.12. The fourth-order valence-corrected chi connectivity index (χ4v) is 3.53. The first kappa shape index (κ1) is 20.2. The van der Waals surface area contributed by atoms with Crippen LogP contribution in [0.3, 0.4) is 0 Å². The maximum absolute atomic E-state index is 14.8. The second-order valence-electron chi connectivity index (χ2n) is 7.50. The van der Waals surface area contributed by atoms with E-state index in [4.69, 9.17) is 17.3 Å². The van der Waals surface area contributed by atoms with Crippen molar-refractivity contribution >= 4 is 29.1 Å². The number of nitrogens with one attached hydrogen (secondary N) is 2. The number of halogens is 3. The number of carbonyl (C=O) groups excluding carboxylic acids is 1. The highest BCUT2D eigenvalue weighted by atomic mass is 35.5. The lowest BCUT2D eigenvalue weighted by Crippen LogP contribution is -2.59. The molecule has 2 heterocycles. The van der Waals surface area contributed by atoms with Gasteiger partial charge in [0.1, 0.15) is 0 Å². The van der Waals surface area contributed by atoms with Gasteiger partial charge in [-0.05, 0) is 30.5 Å². The number of fused-ring (bicyclic) bond motifs is 1. The van der Waals surface area contributed by atoms with Crippen LogP contribution in [-0.4, -0.2) is 21.5 Å². The predicted molar refractivity (Wildman–Crippen MR) is 108 cm³/mol. The SMILES string of the molecule is CC(F)(F)C1(C#CC2CC2)NC(=O)Nc2cc(Cn3ccnc(N)c3=O)c(Cl)cc21. The Labute approximate surface area is 175 Å². The van der Waals surface area contributed by atoms with Crippen molar-refractivity contribution in [1.82, 2.24) is 14.9 Å². The number of nitrogens with two attached hydrogens (primary N) is 1. The van der Waals surface area contributed by atoms with Crippen LogP contribution in [0.15, 0.2) is 29.3 Å². The molecule has 10 heteroatoms. The first-order valence-electron chi connectivity index (χ1n) is 9.24. The molecule has 0 radical (unpaired) electrons. The number of hydrogen-bond donors (Lipinski definition) is 3. The monoisotopic (exact) mass is 433 g/mol. The molecule has 4 N–H and O–H groups in total. The van der Waals surface area contributed by atoms with Gasteiger partial charge in [0.25, 0.3) is 11.5 Å². The molecule has 1 saturated carbocycles. The first-order valence-corrected chi connectivity index (χ1v) is 9.62. The summed E-state index contributed by atoms with van der Waals surface area (Å²) in [4.78, 5) is 28.1. The van der Waals surface area contributed by atoms with Gasteiger partial charge in [0.15, 0.2) is 11.4 Å². The second-order valence-corrected chi connectivity index (χ2v) is 7.90. The van der Waals surface area contributed by atoms with Crippen LogP contribution in [0.5, 0.6) is 0 Å². The quantitative estimate of drug-likeness (QED) is 0.647. The third-order valence-electron chi connectivity index (χ3n) is 5.12. The molecule has 4 rings (SSSR count). The number of amides is 2. The molecule has 2 aliphatic rings. The highest BCUT2D eigenvalue weighted by molar-refractivity contribution is 6.31. The van der Waals surface area contributed by atoms with E-state index in [9.17, 15) is 18.4 Å². The number of alkyl halides is 2. The number of nitrogen functional groups attached to an aromatic ring is 1. The van der Waals surface area contributed by atoms with Gasteiger partial charge in [-0.3, -0.25) is 4.79 Å². The summed E-state index contributed by atoms with van der Waals surface area (Å²) in [5.74, 6) is 1.96. The number of hydrogen-bond acceptors (Lipinski definition) is 4. The van der Waals surface area contributed by atoms with E-state index in [-0.39, 0.29) is 34.6 Å². The molecule has 1 aromatic carbocycles. The summed E-state index contributed by atoms with van der Waals surface area (Å²) >= 11 is 6.40. The summed E-state index contributed by atoms with van der Waals surface area (Å²) in [6.07, 6.45) is 4.49. The summed E-state index contributed by atoms with van der Waals surface area (Å²) in [7, 11) is 0. The topological polar surface area (TPSA) is 102 Å². The van der Waals surface area contributed by atoms with Gasteiger partial charge < -0.3 is 20.9 Å². The molecule has 0 bridgehead atoms. The van der Waals surface area contributed by atoms with Crippen molar-refractivity contribution in [3.05, 3.63) is 51.0 Å². The molecule has 0 saturated heterocycles. The molecule has 1 aliphatic carbocycles. The van der Waals surface area contributed by atoms with Crippen LogP contribution >= 0.6 is 11.6 Å². The molecule has 7 nitrogen and oxygen atoms in total. The molecule has 1 unspecified atom stereocenters. The first-order chi connectivity index (χ1) is 14.1. The number of rotatable bonds is 3. The average molecular weight is 434 g/mol. The number of nitrogens with zero attached hydrogens (tertiary/aromatic N) is 2. The van der Waals surface area contributed by atoms with Crippen molar-refractivity contribution in [3.8, 4) is 11.8 Å². The molecular formula is C20H18ClF2N5O2. The Balaban J connectivity index is 1.84. The van der Waals surface area contributed by atoms with E-state index in [0.29, 0.717) is 12.5 Å². The summed E-state index contributed by atoms with van der Waals surface area (Å²) < 4.78 is 30.9. The highest BCUT2D eigenvalue weighted by Crippen LogP contribution is 2.45. The third-order valence-corrected chi connectivity index (χ3v) is 5.47. The number of urea groups is 1. The molecule has 30 heavy (non-hydrogen) atoms. The van der Waals surface area contributed by atoms with Crippen LogP contribution in [0.1, 0.15) is 30.9 Å². The Bertz CT molecular complexity index is 1160. The maximum atomic E-state index is 14.8. The van der Waals surface area contributed by atoms with Crippen molar-refractivity contribution in [2.75, 3.05) is 11.1 Å². The molecule has 1 aliphatic heterocycles. The minimum absolute atomic E-state index is 0.0181. The van der Waals surface area contributed by atoms with E-state index in [1.54, 1.807) is 0 Å². The van der Waals surface area contributed by atoms with Gasteiger partial charge in [-0.15, -0.1) is 0 Å². The molecule has 1 aromatic heterocycles. The van der Waals surface area contributed by atoms with Gasteiger partial charge in [0, 0.05) is 41.5 Å². The highest BCUT2D eigenvalue weighted by Gasteiger charge is 2.55. The molecule has 2 aromatic rings. The minimum Gasteiger partial charge on any atom is -0.379 e. The lowest BCUT2D eigenvalue weighted by molar-refractivity contribution is -0.0464. The summed E-state index contributed by atoms with van der Waals surface area (Å²) in [6, 6.07) is 2.03. The fourth-order valence-electron chi connectivity index (χ4n) is 3.31. The van der Waals surface area contributed by atoms with Gasteiger partial charge >= 0.3 is 6.03 Å². The Morgan fingerprint density at radius 2 is 2.13 bits per heavy atom. The normalized spacial score (nSPS) is 20.5. The zero-order valence-electron chi connectivity index (χ0n) is 15.9. The van der Waals surface area contributed by atoms with Gasteiger partial charge in [-0.1, -0.05) is 23.4 Å². The van der Waals surface area contributed by atoms with Crippen LogP contribution in [-0.2, 0) is 12.1 Å². The van der Waals surface area contributed by atoms with E-state index >= 15 is 0 Å². The van der Waals surface area contributed by atoms with E-state index < -0.39 is 23.1 Å². The lowest BCUT2D eigenvalue weighted by atomic mass is 9.81. The smallest absolute Gasteiger partial charge is 0.320 e. The Kier molecular flexibility index (Phi) is 4.70. The number of carbonyl (C=O) groups is 1.